The fraction of sp³-hybridized carbons (Fsp3) is 0.188. The summed E-state index contributed by atoms with van der Waals surface area (Å²) in [5.41, 5.74) is 9.07. The van der Waals surface area contributed by atoms with Crippen molar-refractivity contribution in [1.29, 1.82) is 0 Å². The van der Waals surface area contributed by atoms with Gasteiger partial charge in [-0.25, -0.2) is 0 Å². The molecule has 0 fully saturated rings. The Hall–Kier alpha value is -1.65. The van der Waals surface area contributed by atoms with Crippen LogP contribution in [0.2, 0.25) is 5.02 Å². The molecule has 0 aliphatic carbocycles. The average Bonchev–Trinajstić information content (AvgIpc) is 2.42. The molecule has 0 unspecified atom stereocenters. The number of carbonyl (C=O) groups excluding carboxylic acids is 1. The highest BCUT2D eigenvalue weighted by Crippen LogP contribution is 2.28. The number of nitrogens with one attached hydrogen (secondary N) is 1. The Morgan fingerprint density at radius 1 is 1.24 bits per heavy atom. The Balaban J connectivity index is 1.97. The molecule has 0 heterocycles. The topological polar surface area (TPSA) is 55.1 Å². The zero-order valence-corrected chi connectivity index (χ0v) is 13.5. The maximum Gasteiger partial charge on any atom is 0.234 e. The van der Waals surface area contributed by atoms with Gasteiger partial charge < -0.3 is 11.1 Å². The van der Waals surface area contributed by atoms with Gasteiger partial charge in [-0.05, 0) is 55.3 Å². The van der Waals surface area contributed by atoms with Crippen molar-refractivity contribution in [3.63, 3.8) is 0 Å². The lowest BCUT2D eigenvalue weighted by Crippen LogP contribution is -2.15. The molecule has 0 aliphatic rings. The Bertz CT molecular complexity index is 633. The van der Waals surface area contributed by atoms with Crippen molar-refractivity contribution in [1.82, 2.24) is 0 Å². The first-order valence-electron chi connectivity index (χ1n) is 6.50. The van der Waals surface area contributed by atoms with E-state index < -0.39 is 0 Å². The van der Waals surface area contributed by atoms with Gasteiger partial charge in [-0.15, -0.1) is 11.8 Å². The van der Waals surface area contributed by atoms with E-state index in [4.69, 9.17) is 17.3 Å². The Morgan fingerprint density at radius 3 is 2.52 bits per heavy atom. The average molecular weight is 321 g/mol. The molecule has 0 aliphatic heterocycles. The van der Waals surface area contributed by atoms with Crippen LogP contribution in [0, 0.1) is 13.8 Å². The molecule has 0 spiro atoms. The monoisotopic (exact) mass is 320 g/mol. The van der Waals surface area contributed by atoms with Crippen LogP contribution in [0.1, 0.15) is 11.1 Å². The lowest BCUT2D eigenvalue weighted by molar-refractivity contribution is -0.113. The van der Waals surface area contributed by atoms with Gasteiger partial charge in [0.05, 0.1) is 16.5 Å². The number of carbonyl (C=O) groups is 1. The van der Waals surface area contributed by atoms with Gasteiger partial charge in [0.2, 0.25) is 5.91 Å². The van der Waals surface area contributed by atoms with E-state index in [1.165, 1.54) is 11.8 Å². The third kappa shape index (κ3) is 4.41. The lowest BCUT2D eigenvalue weighted by Gasteiger charge is -2.11. The number of nitrogen functional groups attached to an aromatic ring is 1. The Labute approximate surface area is 133 Å². The maximum atomic E-state index is 12.0. The molecule has 3 nitrogen and oxygen atoms in total. The first-order valence-corrected chi connectivity index (χ1v) is 7.87. The standard InChI is InChI=1S/C16H17ClN2OS/c1-10-7-11(2)16(14(17)8-10)19-15(20)9-21-13-5-3-12(18)4-6-13/h3-8H,9,18H2,1-2H3,(H,19,20). The number of aryl methyl sites for hydroxylation is 2. The highest BCUT2D eigenvalue weighted by molar-refractivity contribution is 8.00. The molecule has 110 valence electrons. The van der Waals surface area contributed by atoms with Crippen LogP contribution in [0.25, 0.3) is 0 Å². The van der Waals surface area contributed by atoms with Crippen LogP contribution in [-0.2, 0) is 4.79 Å². The molecule has 3 N–H and O–H groups in total. The van der Waals surface area contributed by atoms with E-state index in [0.29, 0.717) is 22.2 Å². The second-order valence-electron chi connectivity index (χ2n) is 4.84. The van der Waals surface area contributed by atoms with Gasteiger partial charge >= 0.3 is 0 Å². The molecule has 0 saturated heterocycles. The minimum Gasteiger partial charge on any atom is -0.399 e. The molecule has 0 radical (unpaired) electrons. The van der Waals surface area contributed by atoms with Crippen LogP contribution in [0.5, 0.6) is 0 Å². The third-order valence-electron chi connectivity index (χ3n) is 2.95. The first-order chi connectivity index (χ1) is 9.95. The first kappa shape index (κ1) is 15.7. The smallest absolute Gasteiger partial charge is 0.234 e. The molecule has 21 heavy (non-hydrogen) atoms. The van der Waals surface area contributed by atoms with Crippen molar-refractivity contribution in [2.75, 3.05) is 16.8 Å². The van der Waals surface area contributed by atoms with Gasteiger partial charge in [0, 0.05) is 10.6 Å². The number of thioether (sulfide) groups is 1. The fourth-order valence-corrected chi connectivity index (χ4v) is 3.03. The van der Waals surface area contributed by atoms with Crippen LogP contribution in [0.3, 0.4) is 0 Å². The van der Waals surface area contributed by atoms with Crippen molar-refractivity contribution in [2.45, 2.75) is 18.7 Å². The van der Waals surface area contributed by atoms with Crippen molar-refractivity contribution in [2.24, 2.45) is 0 Å². The van der Waals surface area contributed by atoms with Crippen LogP contribution in [0.4, 0.5) is 11.4 Å². The second kappa shape index (κ2) is 6.87. The van der Waals surface area contributed by atoms with E-state index in [1.807, 2.05) is 50.2 Å². The van der Waals surface area contributed by atoms with E-state index in [1.54, 1.807) is 0 Å². The third-order valence-corrected chi connectivity index (χ3v) is 4.26. The van der Waals surface area contributed by atoms with Crippen LogP contribution >= 0.6 is 23.4 Å². The summed E-state index contributed by atoms with van der Waals surface area (Å²) in [6, 6.07) is 11.3. The largest absolute Gasteiger partial charge is 0.399 e. The summed E-state index contributed by atoms with van der Waals surface area (Å²) in [5, 5.41) is 3.44. The molecule has 5 heteroatoms. The van der Waals surface area contributed by atoms with Gasteiger partial charge in [-0.1, -0.05) is 17.7 Å². The molecular weight excluding hydrogens is 304 g/mol. The summed E-state index contributed by atoms with van der Waals surface area (Å²) in [6.45, 7) is 3.91. The number of amides is 1. The molecular formula is C16H17ClN2OS. The quantitative estimate of drug-likeness (QED) is 0.653. The number of hydrogen-bond donors (Lipinski definition) is 2. The van der Waals surface area contributed by atoms with Crippen molar-refractivity contribution in [3.05, 3.63) is 52.5 Å². The van der Waals surface area contributed by atoms with E-state index >= 15 is 0 Å². The van der Waals surface area contributed by atoms with Gasteiger partial charge in [0.25, 0.3) is 0 Å². The molecule has 0 saturated carbocycles. The van der Waals surface area contributed by atoms with Crippen LogP contribution in [0.15, 0.2) is 41.3 Å². The summed E-state index contributed by atoms with van der Waals surface area (Å²) in [5.74, 6) is 0.249. The van der Waals surface area contributed by atoms with E-state index in [9.17, 15) is 4.79 Å². The van der Waals surface area contributed by atoms with Gasteiger partial charge in [-0.2, -0.15) is 0 Å². The lowest BCUT2D eigenvalue weighted by atomic mass is 10.1. The Kier molecular flexibility index (Phi) is 5.15. The van der Waals surface area contributed by atoms with Gasteiger partial charge in [0.1, 0.15) is 0 Å². The molecule has 0 atom stereocenters. The summed E-state index contributed by atoms with van der Waals surface area (Å²) in [7, 11) is 0. The summed E-state index contributed by atoms with van der Waals surface area (Å²) >= 11 is 7.64. The highest BCUT2D eigenvalue weighted by Gasteiger charge is 2.10. The van der Waals surface area contributed by atoms with E-state index in [0.717, 1.165) is 16.0 Å². The molecule has 0 bridgehead atoms. The molecule has 2 aromatic rings. The van der Waals surface area contributed by atoms with Crippen LogP contribution in [-0.4, -0.2) is 11.7 Å². The second-order valence-corrected chi connectivity index (χ2v) is 6.30. The van der Waals surface area contributed by atoms with Crippen molar-refractivity contribution >= 4 is 40.6 Å². The molecule has 2 rings (SSSR count). The zero-order chi connectivity index (χ0) is 15.4. The predicted octanol–water partition coefficient (Wildman–Crippen LogP) is 4.27. The van der Waals surface area contributed by atoms with Crippen molar-refractivity contribution in [3.8, 4) is 0 Å². The number of rotatable bonds is 4. The van der Waals surface area contributed by atoms with E-state index in [-0.39, 0.29) is 5.91 Å². The molecule has 1 amide bonds. The predicted molar refractivity (Wildman–Crippen MR) is 91.1 cm³/mol. The van der Waals surface area contributed by atoms with E-state index in [2.05, 4.69) is 5.32 Å². The van der Waals surface area contributed by atoms with Crippen molar-refractivity contribution < 1.29 is 4.79 Å². The fourth-order valence-electron chi connectivity index (χ4n) is 1.96. The maximum absolute atomic E-state index is 12.0. The number of benzene rings is 2. The molecule has 2 aromatic carbocycles. The molecule has 0 aromatic heterocycles. The summed E-state index contributed by atoms with van der Waals surface area (Å²) < 4.78 is 0. The number of anilines is 2. The minimum atomic E-state index is -0.0781. The summed E-state index contributed by atoms with van der Waals surface area (Å²) in [4.78, 5) is 13.0. The number of hydrogen-bond acceptors (Lipinski definition) is 3. The number of halogens is 1. The van der Waals surface area contributed by atoms with Crippen LogP contribution < -0.4 is 11.1 Å². The highest BCUT2D eigenvalue weighted by atomic mass is 35.5. The Morgan fingerprint density at radius 2 is 1.90 bits per heavy atom. The van der Waals surface area contributed by atoms with Gasteiger partial charge in [0.15, 0.2) is 0 Å². The zero-order valence-electron chi connectivity index (χ0n) is 11.9. The number of nitrogens with two attached hydrogens (primary N) is 1. The van der Waals surface area contributed by atoms with Gasteiger partial charge in [-0.3, -0.25) is 4.79 Å². The SMILES string of the molecule is Cc1cc(C)c(NC(=O)CSc2ccc(N)cc2)c(Cl)c1. The minimum absolute atomic E-state index is 0.0781. The normalized spacial score (nSPS) is 10.4. The summed E-state index contributed by atoms with van der Waals surface area (Å²) in [6.07, 6.45) is 0.